The molecule has 0 unspecified atom stereocenters. The second kappa shape index (κ2) is 6.02. The zero-order valence-electron chi connectivity index (χ0n) is 10.7. The molecule has 1 heterocycles. The van der Waals surface area contributed by atoms with Gasteiger partial charge in [-0.1, -0.05) is 17.1 Å². The van der Waals surface area contributed by atoms with Gasteiger partial charge in [0.05, 0.1) is 5.71 Å². The van der Waals surface area contributed by atoms with E-state index in [1.165, 1.54) is 0 Å². The third kappa shape index (κ3) is 3.46. The average molecular weight is 239 g/mol. The number of pyridine rings is 1. The molecule has 0 amide bonds. The second-order valence-corrected chi connectivity index (χ2v) is 4.20. The standard InChI is InChI=1S/C15H16N2O/c1-12-5-3-7-14(16-12)10-9-13-6-4-8-15(11-13)17-18-2/h3,5,7,11H,4,6,8H2,1-2H3/b17-15+/i2-1. The van der Waals surface area contributed by atoms with Crippen molar-refractivity contribution < 1.29 is 4.84 Å². The largest absolute Gasteiger partial charge is 0.399 e. The molecule has 0 radical (unpaired) electrons. The lowest BCUT2D eigenvalue weighted by atomic mass is 9.98. The normalized spacial score (nSPS) is 16.8. The van der Waals surface area contributed by atoms with Crippen molar-refractivity contribution in [1.29, 1.82) is 0 Å². The molecule has 2 rings (SSSR count). The lowest BCUT2D eigenvalue weighted by Crippen LogP contribution is -2.03. The van der Waals surface area contributed by atoms with Crippen LogP contribution in [0.5, 0.6) is 0 Å². The van der Waals surface area contributed by atoms with Gasteiger partial charge in [-0.2, -0.15) is 0 Å². The molecule has 0 bridgehead atoms. The minimum Gasteiger partial charge on any atom is -0.399 e. The van der Waals surface area contributed by atoms with Crippen molar-refractivity contribution in [2.45, 2.75) is 26.2 Å². The Balaban J connectivity index is 2.17. The first kappa shape index (κ1) is 12.4. The summed E-state index contributed by atoms with van der Waals surface area (Å²) in [5.74, 6) is 6.26. The van der Waals surface area contributed by atoms with Gasteiger partial charge in [0.25, 0.3) is 0 Å². The highest BCUT2D eigenvalue weighted by molar-refractivity contribution is 5.96. The monoisotopic (exact) mass is 239 g/mol. The fourth-order valence-corrected chi connectivity index (χ4v) is 1.85. The molecule has 0 atom stereocenters. The molecule has 0 spiro atoms. The molecule has 0 fully saturated rings. The molecular weight excluding hydrogens is 223 g/mol. The lowest BCUT2D eigenvalue weighted by molar-refractivity contribution is 0.213. The Morgan fingerprint density at radius 1 is 1.28 bits per heavy atom. The molecule has 1 aliphatic carbocycles. The molecule has 92 valence electrons. The van der Waals surface area contributed by atoms with Gasteiger partial charge in [0.2, 0.25) is 0 Å². The van der Waals surface area contributed by atoms with Gasteiger partial charge in [-0.3, -0.25) is 0 Å². The molecule has 3 heteroatoms. The molecule has 1 aromatic rings. The first-order valence-electron chi connectivity index (χ1n) is 6.04. The van der Waals surface area contributed by atoms with E-state index >= 15 is 0 Å². The van der Waals surface area contributed by atoms with Crippen LogP contribution in [0.2, 0.25) is 0 Å². The summed E-state index contributed by atoms with van der Waals surface area (Å²) in [6.45, 7) is 1.97. The summed E-state index contributed by atoms with van der Waals surface area (Å²) in [4.78, 5) is 9.15. The summed E-state index contributed by atoms with van der Waals surface area (Å²) in [6.07, 6.45) is 5.04. The van der Waals surface area contributed by atoms with E-state index in [9.17, 15) is 0 Å². The molecule has 1 aliphatic rings. The number of allylic oxidation sites excluding steroid dienone is 2. The summed E-state index contributed by atoms with van der Waals surface area (Å²) >= 11 is 0. The smallest absolute Gasteiger partial charge is 0.113 e. The van der Waals surface area contributed by atoms with Crippen molar-refractivity contribution in [2.75, 3.05) is 7.11 Å². The van der Waals surface area contributed by atoms with E-state index in [0.717, 1.165) is 41.9 Å². The summed E-state index contributed by atoms with van der Waals surface area (Å²) in [5.41, 5.74) is 3.86. The quantitative estimate of drug-likeness (QED) is 0.558. The minimum absolute atomic E-state index is 0.812. The third-order valence-corrected chi connectivity index (χ3v) is 2.67. The van der Waals surface area contributed by atoms with Crippen LogP contribution in [0.4, 0.5) is 0 Å². The lowest BCUT2D eigenvalue weighted by Gasteiger charge is -2.08. The van der Waals surface area contributed by atoms with Crippen LogP contribution in [0.1, 0.15) is 30.7 Å². The summed E-state index contributed by atoms with van der Waals surface area (Å²) in [6, 6.07) is 5.86. The summed E-state index contributed by atoms with van der Waals surface area (Å²) < 4.78 is 0. The number of aromatic nitrogens is 1. The van der Waals surface area contributed by atoms with Crippen molar-refractivity contribution >= 4 is 5.71 Å². The van der Waals surface area contributed by atoms with E-state index in [1.807, 2.05) is 31.2 Å². The number of hydrogen-bond donors (Lipinski definition) is 0. The molecule has 0 aliphatic heterocycles. The van der Waals surface area contributed by atoms with E-state index in [0.29, 0.717) is 0 Å². The Morgan fingerprint density at radius 2 is 2.17 bits per heavy atom. The molecule has 0 saturated heterocycles. The van der Waals surface area contributed by atoms with Gasteiger partial charge >= 0.3 is 0 Å². The Morgan fingerprint density at radius 3 is 2.94 bits per heavy atom. The van der Waals surface area contributed by atoms with E-state index in [1.54, 1.807) is 7.11 Å². The average Bonchev–Trinajstić information content (AvgIpc) is 2.37. The Kier molecular flexibility index (Phi) is 4.14. The highest BCUT2D eigenvalue weighted by Gasteiger charge is 2.07. The van der Waals surface area contributed by atoms with Crippen LogP contribution in [0, 0.1) is 18.8 Å². The highest BCUT2D eigenvalue weighted by Crippen LogP contribution is 2.15. The van der Waals surface area contributed by atoms with Crippen LogP contribution in [-0.4, -0.2) is 17.8 Å². The predicted octanol–water partition coefficient (Wildman–Crippen LogP) is 2.85. The van der Waals surface area contributed by atoms with Crippen molar-refractivity contribution in [3.05, 3.63) is 41.2 Å². The molecular formula is C15H16N2O. The van der Waals surface area contributed by atoms with E-state index < -0.39 is 0 Å². The topological polar surface area (TPSA) is 34.5 Å². The Bertz CT molecular complexity index is 547. The highest BCUT2D eigenvalue weighted by atomic mass is 16.6. The predicted molar refractivity (Wildman–Crippen MR) is 72.2 cm³/mol. The Hall–Kier alpha value is -2.08. The van der Waals surface area contributed by atoms with Crippen LogP contribution >= 0.6 is 0 Å². The van der Waals surface area contributed by atoms with Crippen LogP contribution in [0.3, 0.4) is 0 Å². The van der Waals surface area contributed by atoms with Crippen molar-refractivity contribution in [3.63, 3.8) is 0 Å². The van der Waals surface area contributed by atoms with E-state index in [4.69, 9.17) is 4.84 Å². The molecule has 0 saturated carbocycles. The van der Waals surface area contributed by atoms with Gasteiger partial charge in [0.1, 0.15) is 12.8 Å². The van der Waals surface area contributed by atoms with Crippen LogP contribution in [-0.2, 0) is 4.84 Å². The number of rotatable bonds is 1. The van der Waals surface area contributed by atoms with Gasteiger partial charge in [-0.15, -0.1) is 0 Å². The second-order valence-electron chi connectivity index (χ2n) is 4.20. The molecule has 0 aromatic carbocycles. The maximum Gasteiger partial charge on any atom is 0.113 e. The van der Waals surface area contributed by atoms with Gasteiger partial charge in [0.15, 0.2) is 0 Å². The van der Waals surface area contributed by atoms with Crippen molar-refractivity contribution in [3.8, 4) is 11.8 Å². The minimum atomic E-state index is 0.812. The maximum atomic E-state index is 4.79. The number of oxime groups is 1. The third-order valence-electron chi connectivity index (χ3n) is 2.67. The maximum absolute atomic E-state index is 4.79. The van der Waals surface area contributed by atoms with Crippen LogP contribution in [0.25, 0.3) is 0 Å². The van der Waals surface area contributed by atoms with Gasteiger partial charge < -0.3 is 4.84 Å². The number of aryl methyl sites for hydroxylation is 1. The molecule has 3 nitrogen and oxygen atoms in total. The molecule has 18 heavy (non-hydrogen) atoms. The summed E-state index contributed by atoms with van der Waals surface area (Å²) in [7, 11) is 1.57. The van der Waals surface area contributed by atoms with Gasteiger partial charge in [-0.25, -0.2) is 4.98 Å². The SMILES string of the molecule is Cc1cccc(C#CC2=C/C(=N/O[11CH3])CCC2)n1. The van der Waals surface area contributed by atoms with Crippen molar-refractivity contribution in [2.24, 2.45) is 5.16 Å². The first-order chi connectivity index (χ1) is 8.78. The fraction of sp³-hybridized carbons (Fsp3) is 0.333. The Labute approximate surface area is 108 Å². The van der Waals surface area contributed by atoms with Crippen molar-refractivity contribution in [1.82, 2.24) is 4.98 Å². The zero-order chi connectivity index (χ0) is 12.8. The zero-order valence-corrected chi connectivity index (χ0v) is 10.7. The fourth-order valence-electron chi connectivity index (χ4n) is 1.85. The molecule has 0 N–H and O–H groups in total. The number of nitrogens with zero attached hydrogens (tertiary/aromatic N) is 2. The first-order valence-corrected chi connectivity index (χ1v) is 6.04. The molecule has 1 aromatic heterocycles. The summed E-state index contributed by atoms with van der Waals surface area (Å²) in [5, 5.41) is 3.96. The van der Waals surface area contributed by atoms with E-state index in [2.05, 4.69) is 22.0 Å². The van der Waals surface area contributed by atoms with Gasteiger partial charge in [0, 0.05) is 11.3 Å². The van der Waals surface area contributed by atoms with Crippen LogP contribution in [0.15, 0.2) is 35.0 Å². The van der Waals surface area contributed by atoms with Gasteiger partial charge in [-0.05, 0) is 50.3 Å². The van der Waals surface area contributed by atoms with Crippen LogP contribution < -0.4 is 0 Å². The van der Waals surface area contributed by atoms with E-state index in [-0.39, 0.29) is 0 Å². The number of hydrogen-bond acceptors (Lipinski definition) is 3.